The quantitative estimate of drug-likeness (QED) is 0.533. The smallest absolute Gasteiger partial charge is 0.394 e. The van der Waals surface area contributed by atoms with Gasteiger partial charge in [-0.2, -0.15) is 0 Å². The zero-order chi connectivity index (χ0) is 9.14. The van der Waals surface area contributed by atoms with Crippen molar-refractivity contribution in [2.24, 2.45) is 0 Å². The number of carbonyl (C=O) groups excluding carboxylic acids is 1. The maximum atomic E-state index is 10.9. The Kier molecular flexibility index (Phi) is 2.65. The molecule has 1 rings (SSSR count). The number of likely N-dealkylation sites (N-methyl/N-ethyl adjacent to an activating group) is 1. The van der Waals surface area contributed by atoms with Gasteiger partial charge in [-0.15, -0.1) is 0 Å². The van der Waals surface area contributed by atoms with Crippen molar-refractivity contribution in [3.05, 3.63) is 0 Å². The normalized spacial score (nSPS) is 22.2. The lowest BCUT2D eigenvalue weighted by atomic mass is 10.2. The summed E-state index contributed by atoms with van der Waals surface area (Å²) in [5.41, 5.74) is 0. The molecule has 0 aromatic rings. The van der Waals surface area contributed by atoms with E-state index in [1.165, 1.54) is 11.9 Å². The van der Waals surface area contributed by atoms with Crippen molar-refractivity contribution < 1.29 is 19.4 Å². The van der Waals surface area contributed by atoms with Crippen LogP contribution in [0.2, 0.25) is 0 Å². The van der Waals surface area contributed by atoms with Crippen LogP contribution in [-0.4, -0.2) is 48.2 Å². The van der Waals surface area contributed by atoms with Gasteiger partial charge in [-0.3, -0.25) is 4.79 Å². The number of rotatable bonds is 1. The summed E-state index contributed by atoms with van der Waals surface area (Å²) in [5, 5.41) is 8.38. The van der Waals surface area contributed by atoms with E-state index in [9.17, 15) is 9.59 Å². The second-order valence-corrected chi connectivity index (χ2v) is 2.74. The van der Waals surface area contributed by atoms with Crippen LogP contribution in [0.5, 0.6) is 0 Å². The van der Waals surface area contributed by atoms with E-state index in [1.807, 2.05) is 0 Å². The molecule has 0 aliphatic carbocycles. The summed E-state index contributed by atoms with van der Waals surface area (Å²) in [6, 6.07) is -0.0754. The van der Waals surface area contributed by atoms with Gasteiger partial charge < -0.3 is 14.7 Å². The maximum absolute atomic E-state index is 10.9. The highest BCUT2D eigenvalue weighted by molar-refractivity contribution is 6.31. The molecule has 12 heavy (non-hydrogen) atoms. The maximum Gasteiger partial charge on any atom is 0.394 e. The second kappa shape index (κ2) is 3.53. The molecule has 1 aliphatic rings. The molecule has 5 heteroatoms. The number of carboxylic acids is 1. The van der Waals surface area contributed by atoms with E-state index in [0.29, 0.717) is 13.2 Å². The molecule has 1 atom stereocenters. The van der Waals surface area contributed by atoms with Crippen LogP contribution < -0.4 is 0 Å². The van der Waals surface area contributed by atoms with Gasteiger partial charge in [0.05, 0.1) is 12.6 Å². The molecule has 0 spiro atoms. The Labute approximate surface area is 69.9 Å². The summed E-state index contributed by atoms with van der Waals surface area (Å²) in [4.78, 5) is 22.4. The van der Waals surface area contributed by atoms with Crippen LogP contribution in [0.25, 0.3) is 0 Å². The van der Waals surface area contributed by atoms with Crippen molar-refractivity contribution in [3.8, 4) is 0 Å². The van der Waals surface area contributed by atoms with Gasteiger partial charge in [0.25, 0.3) is 0 Å². The van der Waals surface area contributed by atoms with Crippen LogP contribution >= 0.6 is 0 Å². The minimum absolute atomic E-state index is 0.0754. The van der Waals surface area contributed by atoms with Gasteiger partial charge in [-0.1, -0.05) is 0 Å². The summed E-state index contributed by atoms with van der Waals surface area (Å²) in [7, 11) is 1.48. The predicted octanol–water partition coefficient (Wildman–Crippen LogP) is -0.682. The number of carboxylic acid groups (broad SMARTS) is 1. The first-order valence-electron chi connectivity index (χ1n) is 3.70. The Morgan fingerprint density at radius 1 is 1.58 bits per heavy atom. The molecule has 68 valence electrons. The number of aliphatic carboxylic acids is 1. The number of amides is 1. The van der Waals surface area contributed by atoms with E-state index in [0.717, 1.165) is 6.42 Å². The molecule has 1 heterocycles. The predicted molar refractivity (Wildman–Crippen MR) is 39.6 cm³/mol. The Balaban J connectivity index is 2.51. The van der Waals surface area contributed by atoms with Gasteiger partial charge in [0.1, 0.15) is 0 Å². The zero-order valence-corrected chi connectivity index (χ0v) is 6.82. The molecular formula is C7H11NO4. The molecule has 5 nitrogen and oxygen atoms in total. The van der Waals surface area contributed by atoms with Crippen LogP contribution in [0.4, 0.5) is 0 Å². The second-order valence-electron chi connectivity index (χ2n) is 2.74. The molecule has 0 aromatic carbocycles. The molecule has 1 aliphatic heterocycles. The molecule has 0 aromatic heterocycles. The Hall–Kier alpha value is -1.10. The monoisotopic (exact) mass is 173 g/mol. The number of hydrogen-bond acceptors (Lipinski definition) is 3. The van der Waals surface area contributed by atoms with E-state index in [1.54, 1.807) is 0 Å². The van der Waals surface area contributed by atoms with Crippen molar-refractivity contribution in [1.82, 2.24) is 4.90 Å². The molecule has 0 radical (unpaired) electrons. The first kappa shape index (κ1) is 8.99. The van der Waals surface area contributed by atoms with E-state index >= 15 is 0 Å². The highest BCUT2D eigenvalue weighted by Gasteiger charge is 2.27. The SMILES string of the molecule is CN(C(=O)C(=O)O)C1CCOC1. The molecule has 1 unspecified atom stereocenters. The fourth-order valence-electron chi connectivity index (χ4n) is 1.14. The summed E-state index contributed by atoms with van der Waals surface area (Å²) in [6.07, 6.45) is 0.718. The Morgan fingerprint density at radius 2 is 2.25 bits per heavy atom. The first-order chi connectivity index (χ1) is 5.63. The third kappa shape index (κ3) is 1.73. The van der Waals surface area contributed by atoms with Crippen molar-refractivity contribution in [2.45, 2.75) is 12.5 Å². The zero-order valence-electron chi connectivity index (χ0n) is 6.82. The summed E-state index contributed by atoms with van der Waals surface area (Å²) >= 11 is 0. The first-order valence-corrected chi connectivity index (χ1v) is 3.70. The van der Waals surface area contributed by atoms with Gasteiger partial charge in [0, 0.05) is 13.7 Å². The van der Waals surface area contributed by atoms with Gasteiger partial charge in [0.2, 0.25) is 0 Å². The topological polar surface area (TPSA) is 66.8 Å². The number of hydrogen-bond donors (Lipinski definition) is 1. The molecule has 0 bridgehead atoms. The van der Waals surface area contributed by atoms with Gasteiger partial charge in [-0.05, 0) is 6.42 Å². The Bertz CT molecular complexity index is 198. The largest absolute Gasteiger partial charge is 0.474 e. The third-order valence-corrected chi connectivity index (χ3v) is 1.96. The average molecular weight is 173 g/mol. The molecule has 1 fully saturated rings. The molecule has 1 N–H and O–H groups in total. The fourth-order valence-corrected chi connectivity index (χ4v) is 1.14. The van der Waals surface area contributed by atoms with Gasteiger partial charge >= 0.3 is 11.9 Å². The van der Waals surface area contributed by atoms with E-state index in [4.69, 9.17) is 9.84 Å². The minimum atomic E-state index is -1.41. The van der Waals surface area contributed by atoms with Crippen molar-refractivity contribution in [1.29, 1.82) is 0 Å². The van der Waals surface area contributed by atoms with Crippen LogP contribution in [0, 0.1) is 0 Å². The third-order valence-electron chi connectivity index (χ3n) is 1.96. The van der Waals surface area contributed by atoms with E-state index < -0.39 is 11.9 Å². The highest BCUT2D eigenvalue weighted by Crippen LogP contribution is 2.10. The van der Waals surface area contributed by atoms with E-state index in [-0.39, 0.29) is 6.04 Å². The fraction of sp³-hybridized carbons (Fsp3) is 0.714. The van der Waals surface area contributed by atoms with Crippen molar-refractivity contribution >= 4 is 11.9 Å². The lowest BCUT2D eigenvalue weighted by Crippen LogP contribution is -2.41. The minimum Gasteiger partial charge on any atom is -0.474 e. The number of carbonyl (C=O) groups is 2. The molecule has 0 saturated carbocycles. The van der Waals surface area contributed by atoms with Gasteiger partial charge in [-0.25, -0.2) is 4.79 Å². The Morgan fingerprint density at radius 3 is 2.67 bits per heavy atom. The van der Waals surface area contributed by atoms with E-state index in [2.05, 4.69) is 0 Å². The van der Waals surface area contributed by atoms with Crippen LogP contribution in [0.15, 0.2) is 0 Å². The number of nitrogens with zero attached hydrogens (tertiary/aromatic N) is 1. The average Bonchev–Trinajstić information content (AvgIpc) is 2.53. The molecule has 1 amide bonds. The lowest BCUT2D eigenvalue weighted by molar-refractivity contribution is -0.156. The summed E-state index contributed by atoms with van der Waals surface area (Å²) in [5.74, 6) is -2.28. The molecular weight excluding hydrogens is 162 g/mol. The molecule has 1 saturated heterocycles. The van der Waals surface area contributed by atoms with Crippen LogP contribution in [0.3, 0.4) is 0 Å². The van der Waals surface area contributed by atoms with Crippen LogP contribution in [-0.2, 0) is 14.3 Å². The van der Waals surface area contributed by atoms with Crippen LogP contribution in [0.1, 0.15) is 6.42 Å². The van der Waals surface area contributed by atoms with Crippen molar-refractivity contribution in [3.63, 3.8) is 0 Å². The highest BCUT2D eigenvalue weighted by atomic mass is 16.5. The summed E-state index contributed by atoms with van der Waals surface area (Å²) in [6.45, 7) is 1.04. The summed E-state index contributed by atoms with van der Waals surface area (Å²) < 4.78 is 5.02. The van der Waals surface area contributed by atoms with Gasteiger partial charge in [0.15, 0.2) is 0 Å². The van der Waals surface area contributed by atoms with Crippen molar-refractivity contribution in [2.75, 3.05) is 20.3 Å². The lowest BCUT2D eigenvalue weighted by Gasteiger charge is -2.20. The standard InChI is InChI=1S/C7H11NO4/c1-8(6(9)7(10)11)5-2-3-12-4-5/h5H,2-4H2,1H3,(H,10,11). The number of ether oxygens (including phenoxy) is 1.